The van der Waals surface area contributed by atoms with Gasteiger partial charge in [0.15, 0.2) is 0 Å². The van der Waals surface area contributed by atoms with Crippen LogP contribution in [0.4, 0.5) is 0 Å². The van der Waals surface area contributed by atoms with Crippen LogP contribution in [-0.2, 0) is 4.79 Å². The third kappa shape index (κ3) is 2.58. The minimum Gasteiger partial charge on any atom is -0.395 e. The summed E-state index contributed by atoms with van der Waals surface area (Å²) in [4.78, 5) is 11.6. The smallest absolute Gasteiger partial charge is 0.222 e. The molecule has 3 heteroatoms. The summed E-state index contributed by atoms with van der Waals surface area (Å²) in [5, 5.41) is 8.26. The normalized spacial score (nSPS) is 8.88. The first-order chi connectivity index (χ1) is 3.68. The Hall–Kier alpha value is -0.570. The van der Waals surface area contributed by atoms with Crippen LogP contribution < -0.4 is 0 Å². The van der Waals surface area contributed by atoms with Crippen LogP contribution in [0.15, 0.2) is 0 Å². The Balaban J connectivity index is 3.32. The molecule has 0 saturated carbocycles. The van der Waals surface area contributed by atoms with Crippen molar-refractivity contribution in [3.8, 4) is 0 Å². The molecule has 0 aromatic carbocycles. The van der Waals surface area contributed by atoms with E-state index in [4.69, 9.17) is 5.11 Å². The largest absolute Gasteiger partial charge is 0.395 e. The third-order valence-electron chi connectivity index (χ3n) is 0.861. The molecule has 1 radical (unpaired) electrons. The Labute approximate surface area is 48.9 Å². The van der Waals surface area contributed by atoms with Crippen LogP contribution in [0.1, 0.15) is 0 Å². The van der Waals surface area contributed by atoms with Crippen molar-refractivity contribution in [2.75, 3.05) is 20.2 Å². The van der Waals surface area contributed by atoms with E-state index < -0.39 is 0 Å². The van der Waals surface area contributed by atoms with Crippen molar-refractivity contribution in [2.45, 2.75) is 0 Å². The Morgan fingerprint density at radius 2 is 2.38 bits per heavy atom. The molecule has 0 heterocycles. The molecule has 0 saturated heterocycles. The van der Waals surface area contributed by atoms with Crippen molar-refractivity contribution in [1.82, 2.24) is 4.90 Å². The molecule has 0 aliphatic rings. The summed E-state index contributed by atoms with van der Waals surface area (Å²) in [6, 6.07) is 0. The van der Waals surface area contributed by atoms with Crippen molar-refractivity contribution in [3.63, 3.8) is 0 Å². The lowest BCUT2D eigenvalue weighted by atomic mass is 10.5. The molecule has 0 rings (SSSR count). The molecule has 3 nitrogen and oxygen atoms in total. The van der Waals surface area contributed by atoms with Gasteiger partial charge in [0.2, 0.25) is 5.91 Å². The first-order valence-electron chi connectivity index (χ1n) is 2.36. The fourth-order valence-electron chi connectivity index (χ4n) is 0.275. The van der Waals surface area contributed by atoms with E-state index in [2.05, 4.69) is 6.92 Å². The summed E-state index contributed by atoms with van der Waals surface area (Å²) in [5.41, 5.74) is 0. The number of nitrogens with zero attached hydrogens (tertiary/aromatic N) is 1. The Morgan fingerprint density at radius 1 is 1.88 bits per heavy atom. The summed E-state index contributed by atoms with van der Waals surface area (Å²) in [5.74, 6) is -0.265. The van der Waals surface area contributed by atoms with Gasteiger partial charge >= 0.3 is 0 Å². The van der Waals surface area contributed by atoms with Gasteiger partial charge in [-0.2, -0.15) is 0 Å². The van der Waals surface area contributed by atoms with Gasteiger partial charge in [0.1, 0.15) is 0 Å². The van der Waals surface area contributed by atoms with Gasteiger partial charge in [-0.1, -0.05) is 0 Å². The molecule has 8 heavy (non-hydrogen) atoms. The van der Waals surface area contributed by atoms with Crippen LogP contribution >= 0.6 is 0 Å². The highest BCUT2D eigenvalue weighted by atomic mass is 16.3. The minimum atomic E-state index is -0.265. The number of carbonyl (C=O) groups is 1. The second-order valence-corrected chi connectivity index (χ2v) is 1.54. The van der Waals surface area contributed by atoms with Crippen molar-refractivity contribution >= 4 is 5.91 Å². The van der Waals surface area contributed by atoms with Crippen molar-refractivity contribution in [3.05, 3.63) is 6.92 Å². The fourth-order valence-corrected chi connectivity index (χ4v) is 0.275. The zero-order valence-corrected chi connectivity index (χ0v) is 4.92. The number of aliphatic hydroxyl groups is 1. The summed E-state index contributed by atoms with van der Waals surface area (Å²) >= 11 is 0. The first-order valence-corrected chi connectivity index (χ1v) is 2.36. The average molecular weight is 116 g/mol. The summed E-state index contributed by atoms with van der Waals surface area (Å²) in [7, 11) is 1.59. The predicted octanol–water partition coefficient (Wildman–Crippen LogP) is -0.729. The van der Waals surface area contributed by atoms with E-state index in [9.17, 15) is 4.79 Å². The fraction of sp³-hybridized carbons (Fsp3) is 0.600. The number of amides is 1. The van der Waals surface area contributed by atoms with Gasteiger partial charge in [-0.05, 0) is 0 Å². The van der Waals surface area contributed by atoms with Gasteiger partial charge in [0.05, 0.1) is 6.61 Å². The quantitative estimate of drug-likeness (QED) is 0.516. The van der Waals surface area contributed by atoms with Crippen LogP contribution in [0.3, 0.4) is 0 Å². The lowest BCUT2D eigenvalue weighted by molar-refractivity contribution is -0.125. The van der Waals surface area contributed by atoms with E-state index in [-0.39, 0.29) is 12.5 Å². The zero-order chi connectivity index (χ0) is 6.57. The van der Waals surface area contributed by atoms with Crippen molar-refractivity contribution < 1.29 is 9.90 Å². The summed E-state index contributed by atoms with van der Waals surface area (Å²) in [6.45, 7) is 3.49. The average Bonchev–Trinajstić information content (AvgIpc) is 1.67. The van der Waals surface area contributed by atoms with E-state index in [1.165, 1.54) is 4.90 Å². The molecule has 0 atom stereocenters. The van der Waals surface area contributed by atoms with Crippen LogP contribution in [-0.4, -0.2) is 36.1 Å². The molecule has 0 fully saturated rings. The number of aliphatic hydroxyl groups excluding tert-OH is 1. The minimum absolute atomic E-state index is 0.00222. The van der Waals surface area contributed by atoms with Gasteiger partial charge in [0.25, 0.3) is 0 Å². The predicted molar refractivity (Wildman–Crippen MR) is 30.1 cm³/mol. The van der Waals surface area contributed by atoms with Crippen molar-refractivity contribution in [2.24, 2.45) is 0 Å². The van der Waals surface area contributed by atoms with Gasteiger partial charge in [-0.3, -0.25) is 4.79 Å². The molecule has 0 aromatic heterocycles. The maximum Gasteiger partial charge on any atom is 0.222 e. The molecular weight excluding hydrogens is 106 g/mol. The Morgan fingerprint density at radius 3 is 2.50 bits per heavy atom. The molecule has 1 N–H and O–H groups in total. The van der Waals surface area contributed by atoms with E-state index in [0.29, 0.717) is 6.54 Å². The van der Waals surface area contributed by atoms with Crippen LogP contribution in [0, 0.1) is 6.92 Å². The Kier molecular flexibility index (Phi) is 3.19. The highest BCUT2D eigenvalue weighted by molar-refractivity contribution is 5.79. The number of carbonyl (C=O) groups excluding carboxylic acids is 1. The van der Waals surface area contributed by atoms with Crippen LogP contribution in [0.5, 0.6) is 0 Å². The molecule has 0 unspecified atom stereocenters. The molecule has 0 aliphatic carbocycles. The molecule has 0 aliphatic heterocycles. The number of likely N-dealkylation sites (N-methyl/N-ethyl adjacent to an activating group) is 1. The number of rotatable bonds is 2. The van der Waals surface area contributed by atoms with Gasteiger partial charge in [-0.25, -0.2) is 0 Å². The van der Waals surface area contributed by atoms with E-state index in [1.54, 1.807) is 7.05 Å². The maximum atomic E-state index is 10.2. The molecular formula is C5H10NO2. The summed E-state index contributed by atoms with van der Waals surface area (Å²) in [6.07, 6.45) is 0. The highest BCUT2D eigenvalue weighted by Gasteiger charge is 1.97. The van der Waals surface area contributed by atoms with E-state index in [0.717, 1.165) is 0 Å². The summed E-state index contributed by atoms with van der Waals surface area (Å²) < 4.78 is 0. The van der Waals surface area contributed by atoms with E-state index in [1.807, 2.05) is 0 Å². The molecule has 1 amide bonds. The van der Waals surface area contributed by atoms with Gasteiger partial charge < -0.3 is 10.0 Å². The molecule has 0 spiro atoms. The second kappa shape index (κ2) is 3.43. The maximum absolute atomic E-state index is 10.2. The van der Waals surface area contributed by atoms with Crippen LogP contribution in [0.25, 0.3) is 0 Å². The highest BCUT2D eigenvalue weighted by Crippen LogP contribution is 1.78. The van der Waals surface area contributed by atoms with E-state index >= 15 is 0 Å². The second-order valence-electron chi connectivity index (χ2n) is 1.54. The van der Waals surface area contributed by atoms with Gasteiger partial charge in [0, 0.05) is 20.5 Å². The molecule has 0 bridgehead atoms. The number of hydrogen-bond donors (Lipinski definition) is 1. The number of hydrogen-bond acceptors (Lipinski definition) is 2. The first kappa shape index (κ1) is 7.43. The lowest BCUT2D eigenvalue weighted by Crippen LogP contribution is -2.26. The zero-order valence-electron chi connectivity index (χ0n) is 4.92. The monoisotopic (exact) mass is 116 g/mol. The SMILES string of the molecule is [CH2]C(=O)N(C)CCO. The topological polar surface area (TPSA) is 40.5 Å². The van der Waals surface area contributed by atoms with Crippen LogP contribution in [0.2, 0.25) is 0 Å². The van der Waals surface area contributed by atoms with Gasteiger partial charge in [-0.15, -0.1) is 0 Å². The molecule has 47 valence electrons. The standard InChI is InChI=1S/C5H10NO2/c1-5(8)6(2)3-4-7/h7H,1,3-4H2,2H3. The lowest BCUT2D eigenvalue weighted by Gasteiger charge is -2.10. The third-order valence-corrected chi connectivity index (χ3v) is 0.861. The van der Waals surface area contributed by atoms with Crippen molar-refractivity contribution in [1.29, 1.82) is 0 Å². The molecule has 0 aromatic rings. The Bertz CT molecular complexity index is 82.5.